The van der Waals surface area contributed by atoms with Crippen LogP contribution in [-0.4, -0.2) is 23.1 Å². The molecule has 0 aliphatic carbocycles. The Labute approximate surface area is 179 Å². The number of amides is 1. The molecule has 0 heterocycles. The Hall–Kier alpha value is -4.20. The van der Waals surface area contributed by atoms with E-state index in [4.69, 9.17) is 9.47 Å². The molecule has 0 radical (unpaired) electrons. The van der Waals surface area contributed by atoms with E-state index in [1.165, 1.54) is 18.2 Å². The number of nitro groups is 1. The average Bonchev–Trinajstić information content (AvgIpc) is 2.80. The predicted octanol–water partition coefficient (Wildman–Crippen LogP) is 4.09. The quantitative estimate of drug-likeness (QED) is 0.320. The van der Waals surface area contributed by atoms with Gasteiger partial charge in [0.05, 0.1) is 10.6 Å². The maximum atomic E-state index is 12.1. The number of benzene rings is 3. The molecular weight excluding hydrogens is 398 g/mol. The lowest BCUT2D eigenvalue weighted by atomic mass is 10.1. The molecule has 3 aromatic rings. The van der Waals surface area contributed by atoms with Gasteiger partial charge < -0.3 is 9.47 Å². The summed E-state index contributed by atoms with van der Waals surface area (Å²) < 4.78 is 11.2. The summed E-state index contributed by atoms with van der Waals surface area (Å²) >= 11 is 0. The highest BCUT2D eigenvalue weighted by atomic mass is 16.6. The molecule has 0 aliphatic heterocycles. The van der Waals surface area contributed by atoms with Crippen LogP contribution in [0.25, 0.3) is 0 Å². The molecule has 31 heavy (non-hydrogen) atoms. The van der Waals surface area contributed by atoms with E-state index < -0.39 is 17.4 Å². The Morgan fingerprint density at radius 1 is 0.935 bits per heavy atom. The SMILES string of the molecule is C/C(=N/NC(=O)COc1ccccc1[N+](=O)[O-])c1ccccc1OCc1ccccc1. The molecule has 3 rings (SSSR count). The van der Waals surface area contributed by atoms with Crippen molar-refractivity contribution in [3.8, 4) is 11.5 Å². The largest absolute Gasteiger partial charge is 0.488 e. The van der Waals surface area contributed by atoms with Gasteiger partial charge in [-0.15, -0.1) is 0 Å². The lowest BCUT2D eigenvalue weighted by Crippen LogP contribution is -2.25. The number of nitrogens with one attached hydrogen (secondary N) is 1. The molecule has 8 nitrogen and oxygen atoms in total. The number of carbonyl (C=O) groups excluding carboxylic acids is 1. The van der Waals surface area contributed by atoms with Gasteiger partial charge in [-0.05, 0) is 30.7 Å². The minimum atomic E-state index is -0.568. The molecule has 0 saturated heterocycles. The molecule has 1 amide bonds. The highest BCUT2D eigenvalue weighted by molar-refractivity contribution is 6.01. The highest BCUT2D eigenvalue weighted by Gasteiger charge is 2.15. The van der Waals surface area contributed by atoms with E-state index in [0.717, 1.165) is 11.1 Å². The minimum absolute atomic E-state index is 0.0167. The lowest BCUT2D eigenvalue weighted by Gasteiger charge is -2.11. The number of hydrogen-bond donors (Lipinski definition) is 1. The number of carbonyl (C=O) groups is 1. The van der Waals surface area contributed by atoms with Crippen LogP contribution in [0.5, 0.6) is 11.5 Å². The van der Waals surface area contributed by atoms with Gasteiger partial charge in [0, 0.05) is 11.6 Å². The summed E-state index contributed by atoms with van der Waals surface area (Å²) in [5, 5.41) is 15.1. The summed E-state index contributed by atoms with van der Waals surface area (Å²) in [7, 11) is 0. The highest BCUT2D eigenvalue weighted by Crippen LogP contribution is 2.25. The third-order valence-corrected chi connectivity index (χ3v) is 4.28. The van der Waals surface area contributed by atoms with Crippen molar-refractivity contribution in [2.24, 2.45) is 5.10 Å². The fraction of sp³-hybridized carbons (Fsp3) is 0.130. The summed E-state index contributed by atoms with van der Waals surface area (Å²) in [4.78, 5) is 22.5. The second kappa shape index (κ2) is 10.5. The number of hydrogen-bond acceptors (Lipinski definition) is 6. The molecule has 0 unspecified atom stereocenters. The van der Waals surface area contributed by atoms with Crippen LogP contribution in [0.4, 0.5) is 5.69 Å². The van der Waals surface area contributed by atoms with Crippen molar-refractivity contribution in [3.05, 3.63) is 100 Å². The van der Waals surface area contributed by atoms with Crippen molar-refractivity contribution in [3.63, 3.8) is 0 Å². The summed E-state index contributed by atoms with van der Waals surface area (Å²) in [6.45, 7) is 1.74. The number of nitro benzene ring substituents is 1. The Morgan fingerprint density at radius 3 is 2.32 bits per heavy atom. The van der Waals surface area contributed by atoms with Gasteiger partial charge >= 0.3 is 5.69 Å². The standard InChI is InChI=1S/C23H21N3O5/c1-17(19-11-5-7-13-21(19)30-15-18-9-3-2-4-10-18)24-25-23(27)16-31-22-14-8-6-12-20(22)26(28)29/h2-14H,15-16H2,1H3,(H,25,27)/b24-17-. The molecule has 3 aromatic carbocycles. The van der Waals surface area contributed by atoms with Crippen molar-refractivity contribution in [2.75, 3.05) is 6.61 Å². The van der Waals surface area contributed by atoms with E-state index in [1.54, 1.807) is 13.0 Å². The van der Waals surface area contributed by atoms with E-state index in [9.17, 15) is 14.9 Å². The maximum Gasteiger partial charge on any atom is 0.310 e. The van der Waals surface area contributed by atoms with Crippen molar-refractivity contribution in [2.45, 2.75) is 13.5 Å². The van der Waals surface area contributed by atoms with Crippen LogP contribution in [0.15, 0.2) is 84.0 Å². The van der Waals surface area contributed by atoms with Crippen LogP contribution >= 0.6 is 0 Å². The van der Waals surface area contributed by atoms with Gasteiger partial charge in [-0.3, -0.25) is 14.9 Å². The monoisotopic (exact) mass is 419 g/mol. The number of ether oxygens (including phenoxy) is 2. The predicted molar refractivity (Wildman–Crippen MR) is 116 cm³/mol. The van der Waals surface area contributed by atoms with Gasteiger partial charge in [0.2, 0.25) is 0 Å². The van der Waals surface area contributed by atoms with Crippen molar-refractivity contribution < 1.29 is 19.2 Å². The number of hydrazone groups is 1. The van der Waals surface area contributed by atoms with Crippen LogP contribution in [0, 0.1) is 10.1 Å². The number of para-hydroxylation sites is 3. The molecule has 0 fully saturated rings. The van der Waals surface area contributed by atoms with E-state index in [0.29, 0.717) is 18.1 Å². The van der Waals surface area contributed by atoms with Gasteiger partial charge in [-0.1, -0.05) is 54.6 Å². The van der Waals surface area contributed by atoms with Gasteiger partial charge in [-0.2, -0.15) is 5.10 Å². The molecule has 8 heteroatoms. The Bertz CT molecular complexity index is 1080. The topological polar surface area (TPSA) is 103 Å². The molecule has 0 atom stereocenters. The second-order valence-corrected chi connectivity index (χ2v) is 6.52. The van der Waals surface area contributed by atoms with E-state index >= 15 is 0 Å². The smallest absolute Gasteiger partial charge is 0.310 e. The first-order chi connectivity index (χ1) is 15.0. The van der Waals surface area contributed by atoms with Crippen LogP contribution in [0.2, 0.25) is 0 Å². The first-order valence-electron chi connectivity index (χ1n) is 9.50. The third kappa shape index (κ3) is 6.14. The Kier molecular flexibility index (Phi) is 7.31. The lowest BCUT2D eigenvalue weighted by molar-refractivity contribution is -0.385. The van der Waals surface area contributed by atoms with Crippen molar-refractivity contribution in [1.29, 1.82) is 0 Å². The number of rotatable bonds is 9. The van der Waals surface area contributed by atoms with Gasteiger partial charge in [0.1, 0.15) is 12.4 Å². The Balaban J connectivity index is 1.60. The fourth-order valence-corrected chi connectivity index (χ4v) is 2.74. The second-order valence-electron chi connectivity index (χ2n) is 6.52. The van der Waals surface area contributed by atoms with E-state index in [1.807, 2.05) is 54.6 Å². The van der Waals surface area contributed by atoms with Crippen LogP contribution < -0.4 is 14.9 Å². The van der Waals surface area contributed by atoms with E-state index in [-0.39, 0.29) is 11.4 Å². The average molecular weight is 419 g/mol. The van der Waals surface area contributed by atoms with Crippen LogP contribution in [0.3, 0.4) is 0 Å². The molecular formula is C23H21N3O5. The zero-order chi connectivity index (χ0) is 22.1. The summed E-state index contributed by atoms with van der Waals surface area (Å²) in [6.07, 6.45) is 0. The summed E-state index contributed by atoms with van der Waals surface area (Å²) in [5.41, 5.74) is 4.50. The molecule has 0 spiro atoms. The third-order valence-electron chi connectivity index (χ3n) is 4.28. The molecule has 0 bridgehead atoms. The van der Waals surface area contributed by atoms with Crippen molar-refractivity contribution >= 4 is 17.3 Å². The van der Waals surface area contributed by atoms with Gasteiger partial charge in [-0.25, -0.2) is 5.43 Å². The van der Waals surface area contributed by atoms with Gasteiger partial charge in [0.15, 0.2) is 12.4 Å². The molecule has 0 aromatic heterocycles. The van der Waals surface area contributed by atoms with Crippen molar-refractivity contribution in [1.82, 2.24) is 5.43 Å². The van der Waals surface area contributed by atoms with Crippen LogP contribution in [-0.2, 0) is 11.4 Å². The molecule has 1 N–H and O–H groups in total. The fourth-order valence-electron chi connectivity index (χ4n) is 2.74. The molecule has 158 valence electrons. The molecule has 0 saturated carbocycles. The van der Waals surface area contributed by atoms with Crippen LogP contribution in [0.1, 0.15) is 18.1 Å². The molecule has 0 aliphatic rings. The number of nitrogens with zero attached hydrogens (tertiary/aromatic N) is 2. The maximum absolute atomic E-state index is 12.1. The first kappa shape index (κ1) is 21.5. The zero-order valence-electron chi connectivity index (χ0n) is 16.9. The van der Waals surface area contributed by atoms with Gasteiger partial charge in [0.25, 0.3) is 5.91 Å². The zero-order valence-corrected chi connectivity index (χ0v) is 16.9. The Morgan fingerprint density at radius 2 is 1.58 bits per heavy atom. The normalized spacial score (nSPS) is 10.9. The summed E-state index contributed by atoms with van der Waals surface area (Å²) in [6, 6.07) is 23.0. The van der Waals surface area contributed by atoms with E-state index in [2.05, 4.69) is 10.5 Å². The minimum Gasteiger partial charge on any atom is -0.488 e. The first-order valence-corrected chi connectivity index (χ1v) is 9.50. The summed E-state index contributed by atoms with van der Waals surface area (Å²) in [5.74, 6) is 0.112.